The van der Waals surface area contributed by atoms with Gasteiger partial charge < -0.3 is 8.83 Å². The average Bonchev–Trinajstić information content (AvgIpc) is 4.02. The maximum Gasteiger partial charge on any atom is 0.164 e. The molecule has 0 N–H and O–H groups in total. The Morgan fingerprint density at radius 1 is 0.214 bits per heavy atom. The fourth-order valence-corrected chi connectivity index (χ4v) is 10.5. The van der Waals surface area contributed by atoms with E-state index in [9.17, 15) is 0 Å². The number of nitrogens with zero attached hydrogens (tertiary/aromatic N) is 3. The number of para-hydroxylation sites is 2. The second-order valence-corrected chi connectivity index (χ2v) is 17.8. The molecule has 0 atom stereocenters. The summed E-state index contributed by atoms with van der Waals surface area (Å²) in [6.45, 7) is 0. The summed E-state index contributed by atoms with van der Waals surface area (Å²) in [5, 5.41) is 8.68. The van der Waals surface area contributed by atoms with Crippen molar-refractivity contribution in [3.63, 3.8) is 0 Å². The normalized spacial score (nSPS) is 11.7. The van der Waals surface area contributed by atoms with Gasteiger partial charge in [-0.2, -0.15) is 0 Å². The first-order chi connectivity index (χ1) is 34.7. The van der Waals surface area contributed by atoms with Crippen LogP contribution < -0.4 is 0 Å². The summed E-state index contributed by atoms with van der Waals surface area (Å²) in [5.41, 5.74) is 15.2. The minimum atomic E-state index is 0.587. The maximum atomic E-state index is 6.65. The highest BCUT2D eigenvalue weighted by Gasteiger charge is 2.22. The second-order valence-electron chi connectivity index (χ2n) is 17.8. The third-order valence-electron chi connectivity index (χ3n) is 13.8. The summed E-state index contributed by atoms with van der Waals surface area (Å²) >= 11 is 0. The van der Waals surface area contributed by atoms with E-state index in [1.165, 1.54) is 11.1 Å². The highest BCUT2D eigenvalue weighted by Crippen LogP contribution is 2.46. The smallest absolute Gasteiger partial charge is 0.164 e. The molecule has 0 amide bonds. The van der Waals surface area contributed by atoms with Crippen molar-refractivity contribution in [3.05, 3.63) is 237 Å². The molecule has 0 fully saturated rings. The summed E-state index contributed by atoms with van der Waals surface area (Å²) in [7, 11) is 0. The molecule has 14 aromatic rings. The van der Waals surface area contributed by atoms with E-state index < -0.39 is 0 Å². The molecular weight excluding hydrogens is 855 g/mol. The van der Waals surface area contributed by atoms with Gasteiger partial charge in [-0.1, -0.05) is 200 Å². The van der Waals surface area contributed by atoms with Crippen LogP contribution >= 0.6 is 0 Å². The molecular formula is C65H39N3O2. The van der Waals surface area contributed by atoms with Crippen LogP contribution in [0, 0.1) is 0 Å². The van der Waals surface area contributed by atoms with Crippen LogP contribution in [0.5, 0.6) is 0 Å². The quantitative estimate of drug-likeness (QED) is 0.159. The number of hydrogen-bond donors (Lipinski definition) is 0. The van der Waals surface area contributed by atoms with Crippen molar-refractivity contribution in [1.82, 2.24) is 15.0 Å². The fraction of sp³-hybridized carbons (Fsp3) is 0. The van der Waals surface area contributed by atoms with Crippen molar-refractivity contribution in [2.75, 3.05) is 0 Å². The van der Waals surface area contributed by atoms with Gasteiger partial charge in [0.25, 0.3) is 0 Å². The SMILES string of the molecule is c1ccc(-c2ccc(-c3cc(-c4ccc(-c5ccc(-c6nc(-c7ccccc7)nc(-c7cccc8oc9ccccc9c78)n6)c6ccccc56)c5ccccc45)c4c(c3)oc3ccccc34)cc2)cc1. The molecule has 0 unspecified atom stereocenters. The predicted molar refractivity (Wildman–Crippen MR) is 287 cm³/mol. The van der Waals surface area contributed by atoms with Crippen molar-refractivity contribution >= 4 is 65.4 Å². The molecule has 0 aliphatic carbocycles. The van der Waals surface area contributed by atoms with Crippen LogP contribution in [0.3, 0.4) is 0 Å². The number of aromatic nitrogens is 3. The first-order valence-corrected chi connectivity index (χ1v) is 23.6. The van der Waals surface area contributed by atoms with Crippen LogP contribution in [0.25, 0.3) is 144 Å². The zero-order valence-corrected chi connectivity index (χ0v) is 37.7. The van der Waals surface area contributed by atoms with Gasteiger partial charge in [0.2, 0.25) is 0 Å². The number of rotatable bonds is 7. The first kappa shape index (κ1) is 39.7. The minimum Gasteiger partial charge on any atom is -0.456 e. The lowest BCUT2D eigenvalue weighted by Crippen LogP contribution is -2.01. The molecule has 0 aliphatic rings. The van der Waals surface area contributed by atoms with Gasteiger partial charge in [0.15, 0.2) is 17.5 Å². The van der Waals surface area contributed by atoms with E-state index in [0.29, 0.717) is 17.5 Å². The van der Waals surface area contributed by atoms with Crippen molar-refractivity contribution in [3.8, 4) is 78.7 Å². The van der Waals surface area contributed by atoms with Crippen LogP contribution in [0.15, 0.2) is 245 Å². The standard InChI is InChI=1S/C65H39N3O2/c1-3-16-40(17-4-1)41-30-32-42(33-31-41)44-38-56(62-54-25-12-14-28-58(54)70-60(62)39-44)51-35-34-49(45-20-7-8-21-46(45)51)50-36-37-52(48-23-10-9-22-47(48)50)64-66-63(43-18-5-2-6-19-43)67-65(68-64)55-26-15-29-59-61(55)53-24-11-13-27-57(53)69-59/h1-39H. The number of fused-ring (bicyclic) bond motifs is 8. The van der Waals surface area contributed by atoms with E-state index in [-0.39, 0.29) is 0 Å². The highest BCUT2D eigenvalue weighted by atomic mass is 16.3. The molecule has 0 aliphatic heterocycles. The van der Waals surface area contributed by atoms with Crippen LogP contribution in [-0.2, 0) is 0 Å². The van der Waals surface area contributed by atoms with Crippen molar-refractivity contribution < 1.29 is 8.83 Å². The van der Waals surface area contributed by atoms with Crippen molar-refractivity contribution in [2.24, 2.45) is 0 Å². The molecule has 3 aromatic heterocycles. The van der Waals surface area contributed by atoms with Gasteiger partial charge >= 0.3 is 0 Å². The Hall–Kier alpha value is -9.45. The Morgan fingerprint density at radius 3 is 1.21 bits per heavy atom. The van der Waals surface area contributed by atoms with E-state index in [1.54, 1.807) is 0 Å². The molecule has 326 valence electrons. The molecule has 0 saturated carbocycles. The Bertz CT molecular complexity index is 4340. The topological polar surface area (TPSA) is 65.0 Å². The second kappa shape index (κ2) is 16.1. The largest absolute Gasteiger partial charge is 0.456 e. The zero-order chi connectivity index (χ0) is 46.1. The third-order valence-corrected chi connectivity index (χ3v) is 13.8. The summed E-state index contributed by atoms with van der Waals surface area (Å²) < 4.78 is 13.0. The molecule has 5 nitrogen and oxygen atoms in total. The lowest BCUT2D eigenvalue weighted by atomic mass is 9.87. The maximum absolute atomic E-state index is 6.65. The predicted octanol–water partition coefficient (Wildman–Crippen LogP) is 17.6. The molecule has 11 aromatic carbocycles. The third kappa shape index (κ3) is 6.51. The van der Waals surface area contributed by atoms with E-state index in [2.05, 4.69) is 170 Å². The molecule has 14 rings (SSSR count). The van der Waals surface area contributed by atoms with Gasteiger partial charge in [0.05, 0.1) is 0 Å². The van der Waals surface area contributed by atoms with E-state index in [1.807, 2.05) is 66.7 Å². The molecule has 0 spiro atoms. The average molecular weight is 894 g/mol. The van der Waals surface area contributed by atoms with Crippen LogP contribution in [0.2, 0.25) is 0 Å². The molecule has 70 heavy (non-hydrogen) atoms. The summed E-state index contributed by atoms with van der Waals surface area (Å²) in [4.78, 5) is 15.7. The van der Waals surface area contributed by atoms with Crippen molar-refractivity contribution in [2.45, 2.75) is 0 Å². The summed E-state index contributed by atoms with van der Waals surface area (Å²) in [6.07, 6.45) is 0. The Labute approximate surface area is 402 Å². The Kier molecular flexibility index (Phi) is 9.14. The van der Waals surface area contributed by atoms with Crippen LogP contribution in [-0.4, -0.2) is 15.0 Å². The van der Waals surface area contributed by atoms with Gasteiger partial charge in [-0.25, -0.2) is 15.0 Å². The Balaban J connectivity index is 0.935. The summed E-state index contributed by atoms with van der Waals surface area (Å²) in [6, 6.07) is 83.0. The van der Waals surface area contributed by atoms with E-state index in [0.717, 1.165) is 115 Å². The molecule has 0 bridgehead atoms. The van der Waals surface area contributed by atoms with Crippen molar-refractivity contribution in [1.29, 1.82) is 0 Å². The van der Waals surface area contributed by atoms with Gasteiger partial charge in [-0.05, 0) is 102 Å². The zero-order valence-electron chi connectivity index (χ0n) is 37.7. The number of hydrogen-bond acceptors (Lipinski definition) is 5. The fourth-order valence-electron chi connectivity index (χ4n) is 10.5. The first-order valence-electron chi connectivity index (χ1n) is 23.6. The summed E-state index contributed by atoms with van der Waals surface area (Å²) in [5.74, 6) is 1.79. The minimum absolute atomic E-state index is 0.587. The lowest BCUT2D eigenvalue weighted by molar-refractivity contribution is 0.668. The van der Waals surface area contributed by atoms with Gasteiger partial charge in [0.1, 0.15) is 22.3 Å². The van der Waals surface area contributed by atoms with E-state index in [4.69, 9.17) is 23.8 Å². The van der Waals surface area contributed by atoms with Crippen LogP contribution in [0.1, 0.15) is 0 Å². The molecule has 0 saturated heterocycles. The molecule has 5 heteroatoms. The van der Waals surface area contributed by atoms with Gasteiger partial charge in [-0.3, -0.25) is 0 Å². The van der Waals surface area contributed by atoms with Gasteiger partial charge in [0, 0.05) is 38.2 Å². The Morgan fingerprint density at radius 2 is 0.614 bits per heavy atom. The van der Waals surface area contributed by atoms with Crippen LogP contribution in [0.4, 0.5) is 0 Å². The van der Waals surface area contributed by atoms with Gasteiger partial charge in [-0.15, -0.1) is 0 Å². The monoisotopic (exact) mass is 893 g/mol. The highest BCUT2D eigenvalue weighted by molar-refractivity contribution is 6.19. The lowest BCUT2D eigenvalue weighted by Gasteiger charge is -2.17. The molecule has 0 radical (unpaired) electrons. The number of benzene rings is 11. The molecule has 3 heterocycles. The number of furan rings is 2. The van der Waals surface area contributed by atoms with E-state index >= 15 is 0 Å².